The molecule has 0 aromatic carbocycles. The monoisotopic (exact) mass is 297 g/mol. The fourth-order valence-corrected chi connectivity index (χ4v) is 4.22. The molecule has 3 heterocycles. The number of nitrogens with zero attached hydrogens (tertiary/aromatic N) is 2. The molecule has 0 aromatic heterocycles. The average molecular weight is 297 g/mol. The highest BCUT2D eigenvalue weighted by Gasteiger charge is 2.42. The predicted molar refractivity (Wildman–Crippen MR) is 83.4 cm³/mol. The quantitative estimate of drug-likeness (QED) is 0.827. The minimum Gasteiger partial charge on any atom is -0.378 e. The zero-order valence-corrected chi connectivity index (χ0v) is 13.4. The SMILES string of the molecule is CCC(CN)N1CCN(C2CCOC3(CCOC3)C2)CC1. The molecule has 5 nitrogen and oxygen atoms in total. The van der Waals surface area contributed by atoms with Gasteiger partial charge in [0, 0.05) is 64.4 Å². The van der Waals surface area contributed by atoms with E-state index >= 15 is 0 Å². The molecule has 3 rings (SSSR count). The third-order valence-electron chi connectivity index (χ3n) is 5.66. The van der Waals surface area contributed by atoms with Gasteiger partial charge in [-0.05, 0) is 19.3 Å². The Morgan fingerprint density at radius 2 is 2.05 bits per heavy atom. The molecule has 3 fully saturated rings. The van der Waals surface area contributed by atoms with Crippen molar-refractivity contribution in [2.45, 2.75) is 50.3 Å². The van der Waals surface area contributed by atoms with Crippen molar-refractivity contribution in [1.29, 1.82) is 0 Å². The Morgan fingerprint density at radius 3 is 2.67 bits per heavy atom. The summed E-state index contributed by atoms with van der Waals surface area (Å²) in [6, 6.07) is 1.25. The highest BCUT2D eigenvalue weighted by atomic mass is 16.6. The normalized spacial score (nSPS) is 37.1. The van der Waals surface area contributed by atoms with Gasteiger partial charge in [0.2, 0.25) is 0 Å². The summed E-state index contributed by atoms with van der Waals surface area (Å²) in [6.45, 7) is 10.3. The second-order valence-corrected chi connectivity index (χ2v) is 6.85. The lowest BCUT2D eigenvalue weighted by atomic mass is 9.88. The van der Waals surface area contributed by atoms with Gasteiger partial charge in [-0.25, -0.2) is 0 Å². The number of nitrogens with two attached hydrogens (primary N) is 1. The zero-order valence-electron chi connectivity index (χ0n) is 13.4. The number of ether oxygens (including phenoxy) is 2. The third kappa shape index (κ3) is 3.42. The van der Waals surface area contributed by atoms with E-state index in [0.717, 1.165) is 58.7 Å². The standard InChI is InChI=1S/C16H31N3O2/c1-2-14(12-17)18-5-7-19(8-6-18)15-3-9-21-16(11-15)4-10-20-13-16/h14-15H,2-13,17H2,1H3. The highest BCUT2D eigenvalue weighted by Crippen LogP contribution is 2.35. The van der Waals surface area contributed by atoms with Crippen molar-refractivity contribution in [3.05, 3.63) is 0 Å². The van der Waals surface area contributed by atoms with Crippen molar-refractivity contribution < 1.29 is 9.47 Å². The van der Waals surface area contributed by atoms with Crippen LogP contribution in [0.3, 0.4) is 0 Å². The molecule has 3 unspecified atom stereocenters. The van der Waals surface area contributed by atoms with Gasteiger partial charge in [-0.3, -0.25) is 9.80 Å². The first-order chi connectivity index (χ1) is 10.3. The van der Waals surface area contributed by atoms with Gasteiger partial charge in [0.15, 0.2) is 0 Å². The van der Waals surface area contributed by atoms with E-state index < -0.39 is 0 Å². The molecule has 0 aromatic rings. The van der Waals surface area contributed by atoms with E-state index in [1.807, 2.05) is 0 Å². The van der Waals surface area contributed by atoms with Crippen molar-refractivity contribution >= 4 is 0 Å². The summed E-state index contributed by atoms with van der Waals surface area (Å²) in [6.07, 6.45) is 4.57. The van der Waals surface area contributed by atoms with E-state index in [0.29, 0.717) is 12.1 Å². The molecule has 3 aliphatic rings. The van der Waals surface area contributed by atoms with Crippen LogP contribution < -0.4 is 5.73 Å². The Balaban J connectivity index is 1.52. The van der Waals surface area contributed by atoms with Gasteiger partial charge in [0.1, 0.15) is 0 Å². The van der Waals surface area contributed by atoms with Gasteiger partial charge in [-0.15, -0.1) is 0 Å². The molecular weight excluding hydrogens is 266 g/mol. The Kier molecular flexibility index (Phi) is 5.17. The van der Waals surface area contributed by atoms with Crippen molar-refractivity contribution in [3.63, 3.8) is 0 Å². The van der Waals surface area contributed by atoms with Gasteiger partial charge < -0.3 is 15.2 Å². The average Bonchev–Trinajstić information content (AvgIpc) is 2.97. The van der Waals surface area contributed by atoms with Crippen LogP contribution in [0.25, 0.3) is 0 Å². The number of hydrogen-bond acceptors (Lipinski definition) is 5. The van der Waals surface area contributed by atoms with Crippen LogP contribution in [0.1, 0.15) is 32.6 Å². The molecule has 0 aliphatic carbocycles. The van der Waals surface area contributed by atoms with E-state index in [2.05, 4.69) is 16.7 Å². The maximum atomic E-state index is 6.06. The van der Waals surface area contributed by atoms with Crippen LogP contribution in [-0.2, 0) is 9.47 Å². The first-order valence-electron chi connectivity index (χ1n) is 8.66. The second kappa shape index (κ2) is 6.92. The van der Waals surface area contributed by atoms with Crippen molar-refractivity contribution in [2.24, 2.45) is 5.73 Å². The highest BCUT2D eigenvalue weighted by molar-refractivity contribution is 4.94. The Hall–Kier alpha value is -0.200. The molecular formula is C16H31N3O2. The minimum absolute atomic E-state index is 0.0310. The fourth-order valence-electron chi connectivity index (χ4n) is 4.22. The van der Waals surface area contributed by atoms with Gasteiger partial charge in [-0.2, -0.15) is 0 Å². The molecule has 21 heavy (non-hydrogen) atoms. The van der Waals surface area contributed by atoms with Crippen molar-refractivity contribution in [3.8, 4) is 0 Å². The molecule has 0 saturated carbocycles. The summed E-state index contributed by atoms with van der Waals surface area (Å²) < 4.78 is 11.6. The molecule has 1 spiro atoms. The molecule has 3 atom stereocenters. The third-order valence-corrected chi connectivity index (χ3v) is 5.66. The Morgan fingerprint density at radius 1 is 1.24 bits per heavy atom. The molecule has 2 N–H and O–H groups in total. The molecule has 5 heteroatoms. The Labute approximate surface area is 128 Å². The summed E-state index contributed by atoms with van der Waals surface area (Å²) >= 11 is 0. The van der Waals surface area contributed by atoms with Gasteiger partial charge >= 0.3 is 0 Å². The van der Waals surface area contributed by atoms with Crippen LogP contribution in [0.5, 0.6) is 0 Å². The van der Waals surface area contributed by atoms with Crippen molar-refractivity contribution in [1.82, 2.24) is 9.80 Å². The van der Waals surface area contributed by atoms with Gasteiger partial charge in [0.05, 0.1) is 12.2 Å². The number of rotatable bonds is 4. The Bertz CT molecular complexity index is 321. The van der Waals surface area contributed by atoms with Crippen LogP contribution in [0, 0.1) is 0 Å². The van der Waals surface area contributed by atoms with Gasteiger partial charge in [-0.1, -0.05) is 6.92 Å². The lowest BCUT2D eigenvalue weighted by Crippen LogP contribution is -2.57. The largest absolute Gasteiger partial charge is 0.378 e. The van der Waals surface area contributed by atoms with E-state index in [9.17, 15) is 0 Å². The van der Waals surface area contributed by atoms with Crippen molar-refractivity contribution in [2.75, 3.05) is 52.5 Å². The summed E-state index contributed by atoms with van der Waals surface area (Å²) in [4.78, 5) is 5.26. The van der Waals surface area contributed by atoms with E-state index in [-0.39, 0.29) is 5.60 Å². The molecule has 3 aliphatic heterocycles. The van der Waals surface area contributed by atoms with Crippen LogP contribution in [0.4, 0.5) is 0 Å². The smallest absolute Gasteiger partial charge is 0.0951 e. The van der Waals surface area contributed by atoms with E-state index in [1.165, 1.54) is 19.5 Å². The van der Waals surface area contributed by atoms with E-state index in [4.69, 9.17) is 15.2 Å². The summed E-state index contributed by atoms with van der Waals surface area (Å²) in [7, 11) is 0. The molecule has 3 saturated heterocycles. The fraction of sp³-hybridized carbons (Fsp3) is 1.00. The summed E-state index contributed by atoms with van der Waals surface area (Å²) in [5, 5.41) is 0. The predicted octanol–water partition coefficient (Wildman–Crippen LogP) is 0.679. The summed E-state index contributed by atoms with van der Waals surface area (Å²) in [5.74, 6) is 0. The molecule has 0 bridgehead atoms. The first kappa shape index (κ1) is 15.7. The maximum absolute atomic E-state index is 6.06. The molecule has 122 valence electrons. The van der Waals surface area contributed by atoms with Gasteiger partial charge in [0.25, 0.3) is 0 Å². The van der Waals surface area contributed by atoms with Crippen LogP contribution in [-0.4, -0.2) is 80.0 Å². The molecule has 0 radical (unpaired) electrons. The maximum Gasteiger partial charge on any atom is 0.0951 e. The van der Waals surface area contributed by atoms with Crippen LogP contribution >= 0.6 is 0 Å². The second-order valence-electron chi connectivity index (χ2n) is 6.85. The van der Waals surface area contributed by atoms with Crippen LogP contribution in [0.2, 0.25) is 0 Å². The zero-order chi connectivity index (χ0) is 14.7. The number of hydrogen-bond donors (Lipinski definition) is 1. The first-order valence-corrected chi connectivity index (χ1v) is 8.66. The van der Waals surface area contributed by atoms with E-state index in [1.54, 1.807) is 0 Å². The lowest BCUT2D eigenvalue weighted by molar-refractivity contribution is -0.110. The summed E-state index contributed by atoms with van der Waals surface area (Å²) in [5.41, 5.74) is 5.92. The number of piperazine rings is 1. The lowest BCUT2D eigenvalue weighted by Gasteiger charge is -2.46. The van der Waals surface area contributed by atoms with Crippen LogP contribution in [0.15, 0.2) is 0 Å². The topological polar surface area (TPSA) is 51.0 Å². The minimum atomic E-state index is 0.0310. The molecule has 0 amide bonds.